The summed E-state index contributed by atoms with van der Waals surface area (Å²) in [6.07, 6.45) is 7.52. The van der Waals surface area contributed by atoms with Crippen LogP contribution in [0.5, 0.6) is 0 Å². The highest BCUT2D eigenvalue weighted by Crippen LogP contribution is 2.39. The molecule has 0 saturated heterocycles. The van der Waals surface area contributed by atoms with Crippen LogP contribution in [0.2, 0.25) is 0 Å². The second-order valence-corrected chi connectivity index (χ2v) is 6.19. The molecule has 0 aromatic carbocycles. The number of thiazole rings is 1. The van der Waals surface area contributed by atoms with Gasteiger partial charge < -0.3 is 5.73 Å². The van der Waals surface area contributed by atoms with Crippen LogP contribution in [0.15, 0.2) is 0 Å². The van der Waals surface area contributed by atoms with E-state index in [1.54, 1.807) is 11.3 Å². The zero-order chi connectivity index (χ0) is 11.5. The monoisotopic (exact) mass is 238 g/mol. The molecule has 16 heavy (non-hydrogen) atoms. The van der Waals surface area contributed by atoms with Crippen LogP contribution in [0.3, 0.4) is 0 Å². The molecular weight excluding hydrogens is 216 g/mol. The molecule has 0 bridgehead atoms. The van der Waals surface area contributed by atoms with Crippen LogP contribution in [0.25, 0.3) is 0 Å². The number of anilines is 1. The molecule has 1 heterocycles. The SMILES string of the molecule is CCCc1nc(C2CCCC(C)C2)c(N)s1. The van der Waals surface area contributed by atoms with Crippen LogP contribution in [-0.2, 0) is 6.42 Å². The molecule has 1 aromatic heterocycles. The average molecular weight is 238 g/mol. The Morgan fingerprint density at radius 1 is 1.44 bits per heavy atom. The third-order valence-electron chi connectivity index (χ3n) is 3.51. The number of aryl methyl sites for hydroxylation is 1. The zero-order valence-corrected chi connectivity index (χ0v) is 11.1. The minimum atomic E-state index is 0.630. The van der Waals surface area contributed by atoms with Crippen LogP contribution in [0.1, 0.15) is 62.6 Å². The highest BCUT2D eigenvalue weighted by atomic mass is 32.1. The summed E-state index contributed by atoms with van der Waals surface area (Å²) >= 11 is 1.70. The van der Waals surface area contributed by atoms with Gasteiger partial charge in [0.2, 0.25) is 0 Å². The van der Waals surface area contributed by atoms with Crippen LogP contribution >= 0.6 is 11.3 Å². The highest BCUT2D eigenvalue weighted by molar-refractivity contribution is 7.15. The minimum absolute atomic E-state index is 0.630. The lowest BCUT2D eigenvalue weighted by atomic mass is 9.81. The van der Waals surface area contributed by atoms with Gasteiger partial charge >= 0.3 is 0 Å². The minimum Gasteiger partial charge on any atom is -0.389 e. The summed E-state index contributed by atoms with van der Waals surface area (Å²) in [5, 5.41) is 2.20. The van der Waals surface area contributed by atoms with Gasteiger partial charge in [-0.2, -0.15) is 0 Å². The van der Waals surface area contributed by atoms with E-state index in [4.69, 9.17) is 10.7 Å². The van der Waals surface area contributed by atoms with Crippen molar-refractivity contribution in [3.63, 3.8) is 0 Å². The summed E-state index contributed by atoms with van der Waals surface area (Å²) in [6, 6.07) is 0. The Hall–Kier alpha value is -0.570. The van der Waals surface area contributed by atoms with E-state index in [1.165, 1.54) is 36.4 Å². The fourth-order valence-electron chi connectivity index (χ4n) is 2.69. The van der Waals surface area contributed by atoms with Crippen molar-refractivity contribution in [3.8, 4) is 0 Å². The van der Waals surface area contributed by atoms with Gasteiger partial charge in [-0.15, -0.1) is 11.3 Å². The van der Waals surface area contributed by atoms with Gasteiger partial charge in [-0.1, -0.05) is 26.7 Å². The molecule has 0 aliphatic heterocycles. The second kappa shape index (κ2) is 5.17. The quantitative estimate of drug-likeness (QED) is 0.865. The summed E-state index contributed by atoms with van der Waals surface area (Å²) in [7, 11) is 0. The molecular formula is C13H22N2S. The van der Waals surface area contributed by atoms with Crippen molar-refractivity contribution in [2.75, 3.05) is 5.73 Å². The summed E-state index contributed by atoms with van der Waals surface area (Å²) in [4.78, 5) is 4.75. The Labute approximate surface area is 102 Å². The van der Waals surface area contributed by atoms with Gasteiger partial charge in [0, 0.05) is 5.92 Å². The molecule has 2 N–H and O–H groups in total. The predicted octanol–water partition coefficient (Wildman–Crippen LogP) is 3.97. The number of nitrogens with zero attached hydrogens (tertiary/aromatic N) is 1. The number of nitrogen functional groups attached to an aromatic ring is 1. The molecule has 90 valence electrons. The maximum Gasteiger partial charge on any atom is 0.110 e. The molecule has 2 nitrogen and oxygen atoms in total. The van der Waals surface area contributed by atoms with E-state index >= 15 is 0 Å². The number of nitrogens with two attached hydrogens (primary N) is 1. The number of hydrogen-bond acceptors (Lipinski definition) is 3. The van der Waals surface area contributed by atoms with E-state index in [9.17, 15) is 0 Å². The fraction of sp³-hybridized carbons (Fsp3) is 0.769. The molecule has 1 fully saturated rings. The molecule has 3 heteroatoms. The van der Waals surface area contributed by atoms with Crippen molar-refractivity contribution < 1.29 is 0 Å². The Kier molecular flexibility index (Phi) is 3.85. The number of hydrogen-bond donors (Lipinski definition) is 1. The molecule has 0 spiro atoms. The largest absolute Gasteiger partial charge is 0.389 e. The van der Waals surface area contributed by atoms with Gasteiger partial charge in [-0.3, -0.25) is 0 Å². The molecule has 2 rings (SSSR count). The maximum absolute atomic E-state index is 6.10. The Bertz CT molecular complexity index is 346. The predicted molar refractivity (Wildman–Crippen MR) is 70.9 cm³/mol. The van der Waals surface area contributed by atoms with Crippen LogP contribution in [-0.4, -0.2) is 4.98 Å². The summed E-state index contributed by atoms with van der Waals surface area (Å²) in [5.41, 5.74) is 7.31. The highest BCUT2D eigenvalue weighted by Gasteiger charge is 2.24. The lowest BCUT2D eigenvalue weighted by Gasteiger charge is -2.25. The first-order valence-electron chi connectivity index (χ1n) is 6.45. The normalized spacial score (nSPS) is 25.9. The topological polar surface area (TPSA) is 38.9 Å². The van der Waals surface area contributed by atoms with E-state index < -0.39 is 0 Å². The Balaban J connectivity index is 2.12. The van der Waals surface area contributed by atoms with Crippen molar-refractivity contribution in [1.82, 2.24) is 4.98 Å². The maximum atomic E-state index is 6.10. The summed E-state index contributed by atoms with van der Waals surface area (Å²) < 4.78 is 0. The first-order valence-corrected chi connectivity index (χ1v) is 7.27. The van der Waals surface area contributed by atoms with E-state index in [2.05, 4.69) is 13.8 Å². The number of aromatic nitrogens is 1. The van der Waals surface area contributed by atoms with Gasteiger partial charge in [0.15, 0.2) is 0 Å². The first-order chi connectivity index (χ1) is 7.70. The lowest BCUT2D eigenvalue weighted by Crippen LogP contribution is -2.13. The van der Waals surface area contributed by atoms with E-state index in [0.717, 1.165) is 23.8 Å². The van der Waals surface area contributed by atoms with Crippen LogP contribution in [0, 0.1) is 5.92 Å². The van der Waals surface area contributed by atoms with E-state index in [1.807, 2.05) is 0 Å². The first kappa shape index (κ1) is 11.9. The molecule has 1 aliphatic carbocycles. The second-order valence-electron chi connectivity index (χ2n) is 5.08. The molecule has 1 saturated carbocycles. The van der Waals surface area contributed by atoms with Gasteiger partial charge in [0.1, 0.15) is 5.00 Å². The third kappa shape index (κ3) is 2.57. The van der Waals surface area contributed by atoms with Crippen molar-refractivity contribution in [3.05, 3.63) is 10.7 Å². The van der Waals surface area contributed by atoms with Crippen molar-refractivity contribution in [2.24, 2.45) is 5.92 Å². The zero-order valence-electron chi connectivity index (χ0n) is 10.3. The van der Waals surface area contributed by atoms with Gasteiger partial charge in [-0.25, -0.2) is 4.98 Å². The van der Waals surface area contributed by atoms with Crippen molar-refractivity contribution >= 4 is 16.3 Å². The van der Waals surface area contributed by atoms with E-state index in [-0.39, 0.29) is 0 Å². The van der Waals surface area contributed by atoms with Crippen LogP contribution < -0.4 is 5.73 Å². The van der Waals surface area contributed by atoms with Gasteiger partial charge in [0.25, 0.3) is 0 Å². The van der Waals surface area contributed by atoms with Gasteiger partial charge in [-0.05, 0) is 31.6 Å². The molecule has 1 aromatic rings. The smallest absolute Gasteiger partial charge is 0.110 e. The van der Waals surface area contributed by atoms with Crippen molar-refractivity contribution in [1.29, 1.82) is 0 Å². The Morgan fingerprint density at radius 2 is 2.25 bits per heavy atom. The van der Waals surface area contributed by atoms with Gasteiger partial charge in [0.05, 0.1) is 10.7 Å². The lowest BCUT2D eigenvalue weighted by molar-refractivity contribution is 0.341. The molecule has 0 radical (unpaired) electrons. The third-order valence-corrected chi connectivity index (χ3v) is 4.47. The number of rotatable bonds is 3. The average Bonchev–Trinajstić information content (AvgIpc) is 2.60. The van der Waals surface area contributed by atoms with Crippen LogP contribution in [0.4, 0.5) is 5.00 Å². The molecule has 2 unspecified atom stereocenters. The standard InChI is InChI=1S/C13H22N2S/c1-3-5-11-15-12(13(14)16-11)10-7-4-6-9(2)8-10/h9-10H,3-8,14H2,1-2H3. The Morgan fingerprint density at radius 3 is 2.94 bits per heavy atom. The molecule has 1 aliphatic rings. The van der Waals surface area contributed by atoms with Crippen molar-refractivity contribution in [2.45, 2.75) is 58.3 Å². The molecule has 0 amide bonds. The summed E-state index contributed by atoms with van der Waals surface area (Å²) in [6.45, 7) is 4.54. The van der Waals surface area contributed by atoms with E-state index in [0.29, 0.717) is 5.92 Å². The summed E-state index contributed by atoms with van der Waals surface area (Å²) in [5.74, 6) is 1.47. The molecule has 2 atom stereocenters. The fourth-order valence-corrected chi connectivity index (χ4v) is 3.71.